The molecule has 0 spiro atoms. The fourth-order valence-corrected chi connectivity index (χ4v) is 1.94. The van der Waals surface area contributed by atoms with Crippen LogP contribution in [0, 0.1) is 5.92 Å². The summed E-state index contributed by atoms with van der Waals surface area (Å²) in [6, 6.07) is 0. The summed E-state index contributed by atoms with van der Waals surface area (Å²) in [5.41, 5.74) is 0. The number of hydrogen-bond acceptors (Lipinski definition) is 4. The van der Waals surface area contributed by atoms with E-state index in [-0.39, 0.29) is 17.6 Å². The van der Waals surface area contributed by atoms with Crippen LogP contribution in [0.4, 0.5) is 0 Å². The standard InChI is InChI=1S/C10H18O4S/c11-10(9-5-4-6-9)14-7-2-1-3-8-15(12)13/h9,15H,1-8H2. The molecule has 0 bridgehead atoms. The van der Waals surface area contributed by atoms with E-state index in [1.165, 1.54) is 0 Å². The van der Waals surface area contributed by atoms with Gasteiger partial charge >= 0.3 is 5.97 Å². The molecule has 0 amide bonds. The lowest BCUT2D eigenvalue weighted by atomic mass is 9.86. The summed E-state index contributed by atoms with van der Waals surface area (Å²) in [5.74, 6) is 0.309. The van der Waals surface area contributed by atoms with Gasteiger partial charge in [0.1, 0.15) is 10.7 Å². The van der Waals surface area contributed by atoms with Crippen LogP contribution in [0.2, 0.25) is 0 Å². The first-order chi connectivity index (χ1) is 7.20. The van der Waals surface area contributed by atoms with Crippen LogP contribution in [-0.4, -0.2) is 26.7 Å². The number of unbranched alkanes of at least 4 members (excludes halogenated alkanes) is 2. The number of hydrogen-bond donors (Lipinski definition) is 1. The normalized spacial score (nSPS) is 16.3. The van der Waals surface area contributed by atoms with Gasteiger partial charge in [-0.15, -0.1) is 0 Å². The number of carbonyl (C=O) groups excluding carboxylic acids is 1. The van der Waals surface area contributed by atoms with Crippen molar-refractivity contribution >= 4 is 16.7 Å². The molecule has 4 nitrogen and oxygen atoms in total. The van der Waals surface area contributed by atoms with Crippen molar-refractivity contribution < 1.29 is 17.9 Å². The molecule has 1 aliphatic carbocycles. The minimum absolute atomic E-state index is 0.0730. The Bertz CT molecular complexity index is 261. The average Bonchev–Trinajstić information content (AvgIpc) is 2.07. The van der Waals surface area contributed by atoms with E-state index in [2.05, 4.69) is 0 Å². The fourth-order valence-electron chi connectivity index (χ4n) is 1.45. The third-order valence-electron chi connectivity index (χ3n) is 2.67. The molecule has 0 saturated heterocycles. The monoisotopic (exact) mass is 234 g/mol. The van der Waals surface area contributed by atoms with Gasteiger partial charge in [-0.25, -0.2) is 8.42 Å². The minimum atomic E-state index is -2.25. The molecule has 0 atom stereocenters. The first kappa shape index (κ1) is 12.5. The van der Waals surface area contributed by atoms with Crippen LogP contribution in [0.1, 0.15) is 38.5 Å². The van der Waals surface area contributed by atoms with Gasteiger partial charge in [0.25, 0.3) is 0 Å². The Balaban J connectivity index is 1.90. The Morgan fingerprint density at radius 3 is 2.47 bits per heavy atom. The van der Waals surface area contributed by atoms with E-state index in [1.54, 1.807) is 0 Å². The van der Waals surface area contributed by atoms with Gasteiger partial charge in [0, 0.05) is 5.75 Å². The molecule has 0 aliphatic heterocycles. The summed E-state index contributed by atoms with van der Waals surface area (Å²) < 4.78 is 25.5. The summed E-state index contributed by atoms with van der Waals surface area (Å²) in [6.07, 6.45) is 5.31. The zero-order chi connectivity index (χ0) is 11.1. The van der Waals surface area contributed by atoms with Crippen LogP contribution in [0.25, 0.3) is 0 Å². The van der Waals surface area contributed by atoms with Gasteiger partial charge in [0.2, 0.25) is 0 Å². The van der Waals surface area contributed by atoms with E-state index in [0.717, 1.165) is 32.1 Å². The molecule has 1 rings (SSSR count). The predicted octanol–water partition coefficient (Wildman–Crippen LogP) is 1.11. The number of rotatable bonds is 7. The molecular weight excluding hydrogens is 216 g/mol. The summed E-state index contributed by atoms with van der Waals surface area (Å²) in [5, 5.41) is 0. The number of esters is 1. The Morgan fingerprint density at radius 1 is 1.20 bits per heavy atom. The molecule has 0 heterocycles. The van der Waals surface area contributed by atoms with Crippen molar-refractivity contribution in [1.29, 1.82) is 0 Å². The van der Waals surface area contributed by atoms with E-state index < -0.39 is 10.7 Å². The van der Waals surface area contributed by atoms with Crippen molar-refractivity contribution in [3.8, 4) is 0 Å². The lowest BCUT2D eigenvalue weighted by molar-refractivity contribution is -0.151. The zero-order valence-corrected chi connectivity index (χ0v) is 9.71. The smallest absolute Gasteiger partial charge is 0.308 e. The highest BCUT2D eigenvalue weighted by atomic mass is 32.2. The number of thiol groups is 1. The lowest BCUT2D eigenvalue weighted by Gasteiger charge is -2.22. The van der Waals surface area contributed by atoms with Crippen molar-refractivity contribution in [1.82, 2.24) is 0 Å². The third-order valence-corrected chi connectivity index (χ3v) is 3.35. The van der Waals surface area contributed by atoms with Crippen LogP contribution in [0.15, 0.2) is 0 Å². The first-order valence-electron chi connectivity index (χ1n) is 5.48. The molecule has 1 fully saturated rings. The minimum Gasteiger partial charge on any atom is -0.465 e. The summed E-state index contributed by atoms with van der Waals surface area (Å²) >= 11 is 0. The zero-order valence-electron chi connectivity index (χ0n) is 8.81. The Hall–Kier alpha value is -0.580. The molecule has 0 aromatic heterocycles. The molecule has 0 aromatic rings. The van der Waals surface area contributed by atoms with E-state index >= 15 is 0 Å². The largest absolute Gasteiger partial charge is 0.465 e. The second kappa shape index (κ2) is 6.82. The van der Waals surface area contributed by atoms with Gasteiger partial charge in [-0.2, -0.15) is 0 Å². The molecule has 1 aliphatic rings. The molecule has 15 heavy (non-hydrogen) atoms. The van der Waals surface area contributed by atoms with Gasteiger partial charge in [0.15, 0.2) is 0 Å². The predicted molar refractivity (Wildman–Crippen MR) is 57.3 cm³/mol. The van der Waals surface area contributed by atoms with E-state index in [4.69, 9.17) is 4.74 Å². The van der Waals surface area contributed by atoms with Crippen molar-refractivity contribution in [2.75, 3.05) is 12.4 Å². The maximum absolute atomic E-state index is 11.2. The van der Waals surface area contributed by atoms with E-state index in [1.807, 2.05) is 0 Å². The van der Waals surface area contributed by atoms with Crippen molar-refractivity contribution in [3.63, 3.8) is 0 Å². The summed E-state index contributed by atoms with van der Waals surface area (Å²) in [6.45, 7) is 0.435. The maximum Gasteiger partial charge on any atom is 0.308 e. The highest BCUT2D eigenvalue weighted by Crippen LogP contribution is 2.27. The van der Waals surface area contributed by atoms with Gasteiger partial charge in [-0.05, 0) is 32.1 Å². The van der Waals surface area contributed by atoms with E-state index in [9.17, 15) is 13.2 Å². The highest BCUT2D eigenvalue weighted by molar-refractivity contribution is 7.72. The Labute approximate surface area is 92.0 Å². The van der Waals surface area contributed by atoms with Crippen LogP contribution in [0.5, 0.6) is 0 Å². The highest BCUT2D eigenvalue weighted by Gasteiger charge is 2.26. The van der Waals surface area contributed by atoms with Gasteiger partial charge in [0.05, 0.1) is 12.5 Å². The summed E-state index contributed by atoms with van der Waals surface area (Å²) in [7, 11) is -2.25. The molecule has 88 valence electrons. The summed E-state index contributed by atoms with van der Waals surface area (Å²) in [4.78, 5) is 11.2. The molecule has 0 radical (unpaired) electrons. The maximum atomic E-state index is 11.2. The van der Waals surface area contributed by atoms with Crippen LogP contribution in [0.3, 0.4) is 0 Å². The lowest BCUT2D eigenvalue weighted by Crippen LogP contribution is -2.24. The fraction of sp³-hybridized carbons (Fsp3) is 0.900. The Morgan fingerprint density at radius 2 is 1.93 bits per heavy atom. The molecule has 0 unspecified atom stereocenters. The topological polar surface area (TPSA) is 60.4 Å². The van der Waals surface area contributed by atoms with Crippen LogP contribution in [-0.2, 0) is 20.2 Å². The van der Waals surface area contributed by atoms with Crippen LogP contribution >= 0.6 is 0 Å². The second-order valence-corrected chi connectivity index (χ2v) is 5.03. The number of ether oxygens (including phenoxy) is 1. The van der Waals surface area contributed by atoms with Gasteiger partial charge in [-0.1, -0.05) is 6.42 Å². The van der Waals surface area contributed by atoms with Crippen LogP contribution < -0.4 is 0 Å². The SMILES string of the molecule is O=C(OCCCCC[SH](=O)=O)C1CCC1. The number of carbonyl (C=O) groups is 1. The van der Waals surface area contributed by atoms with Gasteiger partial charge in [-0.3, -0.25) is 4.79 Å². The quantitative estimate of drug-likeness (QED) is 0.407. The van der Waals surface area contributed by atoms with E-state index in [0.29, 0.717) is 13.0 Å². The molecule has 0 aromatic carbocycles. The third kappa shape index (κ3) is 5.16. The molecule has 5 heteroatoms. The van der Waals surface area contributed by atoms with Crippen molar-refractivity contribution in [2.45, 2.75) is 38.5 Å². The first-order valence-corrected chi connectivity index (χ1v) is 6.85. The molecule has 1 saturated carbocycles. The average molecular weight is 234 g/mol. The Kier molecular flexibility index (Phi) is 5.68. The van der Waals surface area contributed by atoms with Gasteiger partial charge < -0.3 is 4.74 Å². The van der Waals surface area contributed by atoms with Crippen molar-refractivity contribution in [3.05, 3.63) is 0 Å². The second-order valence-electron chi connectivity index (χ2n) is 3.91. The molecular formula is C10H18O4S. The molecule has 0 N–H and O–H groups in total. The van der Waals surface area contributed by atoms with Crippen molar-refractivity contribution in [2.24, 2.45) is 5.92 Å².